The first kappa shape index (κ1) is 22.0. The van der Waals surface area contributed by atoms with E-state index in [0.717, 1.165) is 63.7 Å². The maximum absolute atomic E-state index is 5.95. The standard InChI is InChI=1S/C25H30N6OS/c1-6-32-22-20-19(28-24(30-22)31-13-11-26-12-14-31)18-15(2)27-21(29-23(18)33-20)16-7-9-17(10-8-16)25(3,4)5/h7-10,26H,6,11-14H2,1-5H3. The van der Waals surface area contributed by atoms with Crippen molar-refractivity contribution in [3.63, 3.8) is 0 Å². The predicted molar refractivity (Wildman–Crippen MR) is 136 cm³/mol. The molecule has 1 aromatic carbocycles. The maximum atomic E-state index is 5.95. The van der Waals surface area contributed by atoms with Crippen molar-refractivity contribution in [1.29, 1.82) is 0 Å². The highest BCUT2D eigenvalue weighted by Crippen LogP contribution is 2.39. The summed E-state index contributed by atoms with van der Waals surface area (Å²) >= 11 is 1.58. The fourth-order valence-corrected chi connectivity index (χ4v) is 5.27. The second kappa shape index (κ2) is 8.50. The number of aromatic nitrogens is 4. The van der Waals surface area contributed by atoms with Crippen LogP contribution < -0.4 is 15.0 Å². The Labute approximate surface area is 198 Å². The van der Waals surface area contributed by atoms with Gasteiger partial charge in [-0.3, -0.25) is 0 Å². The number of hydrogen-bond acceptors (Lipinski definition) is 8. The average molecular weight is 463 g/mol. The summed E-state index contributed by atoms with van der Waals surface area (Å²) in [6, 6.07) is 8.56. The van der Waals surface area contributed by atoms with Gasteiger partial charge in [-0.25, -0.2) is 15.0 Å². The Hall–Kier alpha value is -2.84. The summed E-state index contributed by atoms with van der Waals surface area (Å²) in [4.78, 5) is 22.7. The molecule has 8 heteroatoms. The van der Waals surface area contributed by atoms with Crippen molar-refractivity contribution in [2.75, 3.05) is 37.7 Å². The zero-order valence-electron chi connectivity index (χ0n) is 19.9. The molecule has 0 saturated carbocycles. The molecular formula is C25H30N6OS. The van der Waals surface area contributed by atoms with Crippen LogP contribution in [0.5, 0.6) is 5.88 Å². The van der Waals surface area contributed by atoms with Crippen LogP contribution in [0.4, 0.5) is 5.95 Å². The van der Waals surface area contributed by atoms with E-state index in [2.05, 4.69) is 55.3 Å². The van der Waals surface area contributed by atoms with Crippen LogP contribution in [0.1, 0.15) is 39.0 Å². The van der Waals surface area contributed by atoms with Crippen molar-refractivity contribution < 1.29 is 4.74 Å². The molecule has 1 aliphatic heterocycles. The molecule has 3 aromatic heterocycles. The number of nitrogens with zero attached hydrogens (tertiary/aromatic N) is 5. The monoisotopic (exact) mass is 462 g/mol. The van der Waals surface area contributed by atoms with Gasteiger partial charge >= 0.3 is 0 Å². The van der Waals surface area contributed by atoms with Crippen LogP contribution in [0.15, 0.2) is 24.3 Å². The summed E-state index contributed by atoms with van der Waals surface area (Å²) in [5.41, 5.74) is 4.23. The lowest BCUT2D eigenvalue weighted by molar-refractivity contribution is 0.331. The minimum Gasteiger partial charge on any atom is -0.477 e. The van der Waals surface area contributed by atoms with E-state index in [1.54, 1.807) is 11.3 Å². The van der Waals surface area contributed by atoms with Crippen LogP contribution in [0.25, 0.3) is 31.8 Å². The number of thiophene rings is 1. The van der Waals surface area contributed by atoms with Crippen molar-refractivity contribution >= 4 is 37.7 Å². The van der Waals surface area contributed by atoms with Gasteiger partial charge in [0.15, 0.2) is 5.82 Å². The molecule has 0 atom stereocenters. The topological polar surface area (TPSA) is 76.1 Å². The minimum atomic E-state index is 0.112. The summed E-state index contributed by atoms with van der Waals surface area (Å²) in [6.45, 7) is 14.8. The van der Waals surface area contributed by atoms with Gasteiger partial charge in [0.05, 0.1) is 17.7 Å². The molecule has 1 fully saturated rings. The first-order valence-electron chi connectivity index (χ1n) is 11.5. The Morgan fingerprint density at radius 3 is 2.42 bits per heavy atom. The molecule has 5 rings (SSSR count). The number of aryl methyl sites for hydroxylation is 1. The number of anilines is 1. The van der Waals surface area contributed by atoms with E-state index in [1.807, 2.05) is 13.8 Å². The van der Waals surface area contributed by atoms with Crippen molar-refractivity contribution in [2.45, 2.75) is 40.0 Å². The Kier molecular flexibility index (Phi) is 5.66. The first-order valence-corrected chi connectivity index (χ1v) is 12.3. The van der Waals surface area contributed by atoms with E-state index >= 15 is 0 Å². The minimum absolute atomic E-state index is 0.112. The summed E-state index contributed by atoms with van der Waals surface area (Å²) in [7, 11) is 0. The molecule has 1 aliphatic rings. The molecule has 0 radical (unpaired) electrons. The van der Waals surface area contributed by atoms with Gasteiger partial charge in [-0.15, -0.1) is 11.3 Å². The highest BCUT2D eigenvalue weighted by molar-refractivity contribution is 7.25. The Morgan fingerprint density at radius 1 is 1.03 bits per heavy atom. The summed E-state index contributed by atoms with van der Waals surface area (Å²) < 4.78 is 6.88. The van der Waals surface area contributed by atoms with Crippen LogP contribution in [0, 0.1) is 6.92 Å². The molecule has 7 nitrogen and oxygen atoms in total. The molecule has 0 spiro atoms. The van der Waals surface area contributed by atoms with Crippen LogP contribution in [0.3, 0.4) is 0 Å². The van der Waals surface area contributed by atoms with Gasteiger partial charge in [0, 0.05) is 31.7 Å². The zero-order valence-corrected chi connectivity index (χ0v) is 20.7. The molecule has 1 N–H and O–H groups in total. The Bertz CT molecular complexity index is 1300. The summed E-state index contributed by atoms with van der Waals surface area (Å²) in [5.74, 6) is 2.09. The van der Waals surface area contributed by atoms with Crippen molar-refractivity contribution in [2.24, 2.45) is 0 Å². The fraction of sp³-hybridized carbons (Fsp3) is 0.440. The van der Waals surface area contributed by atoms with E-state index in [4.69, 9.17) is 24.7 Å². The largest absolute Gasteiger partial charge is 0.477 e. The lowest BCUT2D eigenvalue weighted by Crippen LogP contribution is -2.44. The molecule has 0 bridgehead atoms. The summed E-state index contributed by atoms with van der Waals surface area (Å²) in [6.07, 6.45) is 0. The van der Waals surface area contributed by atoms with Gasteiger partial charge in [-0.2, -0.15) is 4.98 Å². The van der Waals surface area contributed by atoms with Gasteiger partial charge in [0.1, 0.15) is 15.0 Å². The number of nitrogens with one attached hydrogen (secondary N) is 1. The van der Waals surface area contributed by atoms with Crippen LogP contribution in [-0.2, 0) is 5.41 Å². The van der Waals surface area contributed by atoms with Crippen LogP contribution in [-0.4, -0.2) is 52.7 Å². The van der Waals surface area contributed by atoms with Gasteiger partial charge in [0.2, 0.25) is 11.8 Å². The number of hydrogen-bond donors (Lipinski definition) is 1. The molecule has 4 heterocycles. The van der Waals surface area contributed by atoms with E-state index in [-0.39, 0.29) is 5.41 Å². The van der Waals surface area contributed by atoms with E-state index in [0.29, 0.717) is 18.4 Å². The molecule has 172 valence electrons. The predicted octanol–water partition coefficient (Wildman–Crippen LogP) is 4.72. The van der Waals surface area contributed by atoms with Gasteiger partial charge in [0.25, 0.3) is 0 Å². The number of benzene rings is 1. The number of fused-ring (bicyclic) bond motifs is 3. The Balaban J connectivity index is 1.64. The smallest absolute Gasteiger partial charge is 0.236 e. The average Bonchev–Trinajstić information content (AvgIpc) is 3.19. The lowest BCUT2D eigenvalue weighted by atomic mass is 9.87. The first-order chi connectivity index (χ1) is 15.8. The third-order valence-electron chi connectivity index (χ3n) is 6.00. The summed E-state index contributed by atoms with van der Waals surface area (Å²) in [5, 5.41) is 4.37. The second-order valence-corrected chi connectivity index (χ2v) is 10.4. The zero-order chi connectivity index (χ0) is 23.2. The van der Waals surface area contributed by atoms with Gasteiger partial charge < -0.3 is 15.0 Å². The second-order valence-electron chi connectivity index (χ2n) is 9.42. The number of piperazine rings is 1. The van der Waals surface area contributed by atoms with E-state index in [1.165, 1.54) is 5.56 Å². The number of rotatable bonds is 4. The van der Waals surface area contributed by atoms with Crippen LogP contribution >= 0.6 is 11.3 Å². The molecular weight excluding hydrogens is 432 g/mol. The van der Waals surface area contributed by atoms with Crippen molar-refractivity contribution in [1.82, 2.24) is 25.3 Å². The van der Waals surface area contributed by atoms with E-state index < -0.39 is 0 Å². The quantitative estimate of drug-likeness (QED) is 0.470. The normalized spacial score (nSPS) is 14.9. The lowest BCUT2D eigenvalue weighted by Gasteiger charge is -2.27. The van der Waals surface area contributed by atoms with Crippen molar-refractivity contribution in [3.8, 4) is 17.3 Å². The highest BCUT2D eigenvalue weighted by atomic mass is 32.1. The SMILES string of the molecule is CCOc1nc(N2CCNCC2)nc2c1sc1nc(-c3ccc(C(C)(C)C)cc3)nc(C)c12. The van der Waals surface area contributed by atoms with Gasteiger partial charge in [-0.05, 0) is 24.8 Å². The molecule has 1 saturated heterocycles. The fourth-order valence-electron chi connectivity index (χ4n) is 4.16. The Morgan fingerprint density at radius 2 is 1.76 bits per heavy atom. The molecule has 0 aliphatic carbocycles. The molecule has 0 amide bonds. The molecule has 33 heavy (non-hydrogen) atoms. The van der Waals surface area contributed by atoms with E-state index in [9.17, 15) is 0 Å². The van der Waals surface area contributed by atoms with Gasteiger partial charge in [-0.1, -0.05) is 45.0 Å². The molecule has 0 unspecified atom stereocenters. The highest BCUT2D eigenvalue weighted by Gasteiger charge is 2.22. The number of ether oxygens (including phenoxy) is 1. The van der Waals surface area contributed by atoms with Crippen molar-refractivity contribution in [3.05, 3.63) is 35.5 Å². The van der Waals surface area contributed by atoms with Crippen LogP contribution in [0.2, 0.25) is 0 Å². The molecule has 4 aromatic rings. The third kappa shape index (κ3) is 4.13. The third-order valence-corrected chi connectivity index (χ3v) is 7.07. The maximum Gasteiger partial charge on any atom is 0.236 e.